The summed E-state index contributed by atoms with van der Waals surface area (Å²) in [6.45, 7) is 0.280. The van der Waals surface area contributed by atoms with Gasteiger partial charge in [0.2, 0.25) is 10.0 Å². The summed E-state index contributed by atoms with van der Waals surface area (Å²) in [5, 5.41) is 0.645. The minimum absolute atomic E-state index is 0.133. The third-order valence-electron chi connectivity index (χ3n) is 3.44. The third kappa shape index (κ3) is 4.80. The van der Waals surface area contributed by atoms with Crippen molar-refractivity contribution in [3.05, 3.63) is 64.7 Å². The molecule has 0 fully saturated rings. The highest BCUT2D eigenvalue weighted by molar-refractivity contribution is 7.89. The first-order valence-corrected chi connectivity index (χ1v) is 9.21. The molecule has 128 valence electrons. The molecule has 0 aliphatic rings. The second-order valence-corrected chi connectivity index (χ2v) is 7.70. The summed E-state index contributed by atoms with van der Waals surface area (Å²) in [5.74, 6) is -0.172. The predicted molar refractivity (Wildman–Crippen MR) is 94.8 cm³/mol. The van der Waals surface area contributed by atoms with E-state index in [-0.39, 0.29) is 17.3 Å². The van der Waals surface area contributed by atoms with E-state index < -0.39 is 10.0 Å². The molecule has 2 aromatic rings. The summed E-state index contributed by atoms with van der Waals surface area (Å²) in [6.07, 6.45) is 0.563. The molecule has 1 amide bonds. The second kappa shape index (κ2) is 7.79. The smallest absolute Gasteiger partial charge is 0.253 e. The number of halogens is 1. The van der Waals surface area contributed by atoms with Crippen LogP contribution in [0.4, 0.5) is 0 Å². The van der Waals surface area contributed by atoms with Crippen molar-refractivity contribution in [2.75, 3.05) is 20.6 Å². The summed E-state index contributed by atoms with van der Waals surface area (Å²) >= 11 is 5.81. The highest BCUT2D eigenvalue weighted by Gasteiger charge is 2.15. The van der Waals surface area contributed by atoms with Crippen LogP contribution in [-0.2, 0) is 16.4 Å². The average molecular weight is 367 g/mol. The lowest BCUT2D eigenvalue weighted by atomic mass is 10.2. The Morgan fingerprint density at radius 3 is 2.17 bits per heavy atom. The van der Waals surface area contributed by atoms with E-state index in [1.807, 2.05) is 12.1 Å². The number of rotatable bonds is 6. The molecule has 0 heterocycles. The molecule has 2 rings (SSSR count). The summed E-state index contributed by atoms with van der Waals surface area (Å²) in [7, 11) is -0.314. The van der Waals surface area contributed by atoms with E-state index in [1.54, 1.807) is 26.2 Å². The van der Waals surface area contributed by atoms with Crippen LogP contribution >= 0.6 is 11.6 Å². The van der Waals surface area contributed by atoms with Crippen molar-refractivity contribution < 1.29 is 13.2 Å². The van der Waals surface area contributed by atoms with Crippen LogP contribution in [0.15, 0.2) is 53.4 Å². The van der Waals surface area contributed by atoms with Crippen molar-refractivity contribution in [2.45, 2.75) is 11.3 Å². The second-order valence-electron chi connectivity index (χ2n) is 5.50. The predicted octanol–water partition coefficient (Wildman–Crippen LogP) is 2.56. The zero-order valence-corrected chi connectivity index (χ0v) is 15.1. The molecule has 0 aliphatic carbocycles. The number of hydrogen-bond donors (Lipinski definition) is 1. The molecule has 1 N–H and O–H groups in total. The number of sulfonamides is 1. The minimum atomic E-state index is -3.60. The molecule has 0 unspecified atom stereocenters. The molecule has 2 aromatic carbocycles. The van der Waals surface area contributed by atoms with Gasteiger partial charge in [-0.1, -0.05) is 23.7 Å². The molecule has 7 heteroatoms. The van der Waals surface area contributed by atoms with Gasteiger partial charge >= 0.3 is 0 Å². The molecule has 0 spiro atoms. The third-order valence-corrected chi connectivity index (χ3v) is 5.17. The fourth-order valence-corrected chi connectivity index (χ4v) is 3.26. The van der Waals surface area contributed by atoms with E-state index in [0.717, 1.165) is 5.56 Å². The first kappa shape index (κ1) is 18.4. The number of amides is 1. The topological polar surface area (TPSA) is 66.5 Å². The van der Waals surface area contributed by atoms with Crippen LogP contribution < -0.4 is 4.72 Å². The van der Waals surface area contributed by atoms with E-state index in [2.05, 4.69) is 4.72 Å². The van der Waals surface area contributed by atoms with E-state index >= 15 is 0 Å². The fraction of sp³-hybridized carbons (Fsp3) is 0.235. The lowest BCUT2D eigenvalue weighted by molar-refractivity contribution is 0.0827. The Morgan fingerprint density at radius 1 is 1.04 bits per heavy atom. The number of carbonyl (C=O) groups excluding carboxylic acids is 1. The van der Waals surface area contributed by atoms with Gasteiger partial charge in [-0.25, -0.2) is 13.1 Å². The first-order chi connectivity index (χ1) is 11.3. The normalized spacial score (nSPS) is 11.3. The van der Waals surface area contributed by atoms with Gasteiger partial charge in [-0.3, -0.25) is 4.79 Å². The molecule has 0 saturated carbocycles. The van der Waals surface area contributed by atoms with Crippen molar-refractivity contribution in [2.24, 2.45) is 0 Å². The van der Waals surface area contributed by atoms with Crippen LogP contribution in [0.3, 0.4) is 0 Å². The molecule has 0 bridgehead atoms. The Balaban J connectivity index is 1.99. The van der Waals surface area contributed by atoms with Gasteiger partial charge < -0.3 is 4.90 Å². The average Bonchev–Trinajstić information content (AvgIpc) is 2.56. The zero-order chi connectivity index (χ0) is 17.7. The van der Waals surface area contributed by atoms with Gasteiger partial charge in [0.1, 0.15) is 0 Å². The maximum atomic E-state index is 12.3. The maximum Gasteiger partial charge on any atom is 0.253 e. The van der Waals surface area contributed by atoms with E-state index in [9.17, 15) is 13.2 Å². The quantitative estimate of drug-likeness (QED) is 0.854. The first-order valence-electron chi connectivity index (χ1n) is 7.35. The number of carbonyl (C=O) groups is 1. The van der Waals surface area contributed by atoms with Gasteiger partial charge in [0.05, 0.1) is 4.90 Å². The van der Waals surface area contributed by atoms with E-state index in [1.165, 1.54) is 29.2 Å². The Labute approximate surface area is 147 Å². The molecular formula is C17H19ClN2O3S. The van der Waals surface area contributed by atoms with E-state index in [4.69, 9.17) is 11.6 Å². The SMILES string of the molecule is CN(C)C(=O)c1ccc(S(=O)(=O)NCCc2ccc(Cl)cc2)cc1. The molecule has 0 aromatic heterocycles. The summed E-state index contributed by atoms with van der Waals surface area (Å²) in [6, 6.07) is 13.1. The van der Waals surface area contributed by atoms with Crippen molar-refractivity contribution in [3.63, 3.8) is 0 Å². The Kier molecular flexibility index (Phi) is 5.99. The van der Waals surface area contributed by atoms with Crippen LogP contribution in [0.2, 0.25) is 5.02 Å². The standard InChI is InChI=1S/C17H19ClN2O3S/c1-20(2)17(21)14-5-9-16(10-6-14)24(22,23)19-12-11-13-3-7-15(18)8-4-13/h3-10,19H,11-12H2,1-2H3. The fourth-order valence-electron chi connectivity index (χ4n) is 2.10. The zero-order valence-electron chi connectivity index (χ0n) is 13.5. The molecule has 0 radical (unpaired) electrons. The Bertz CT molecular complexity index is 801. The molecule has 0 saturated heterocycles. The Hall–Kier alpha value is -1.89. The highest BCUT2D eigenvalue weighted by atomic mass is 35.5. The van der Waals surface area contributed by atoms with Gasteiger partial charge in [0.15, 0.2) is 0 Å². The van der Waals surface area contributed by atoms with Crippen LogP contribution in [0, 0.1) is 0 Å². The lowest BCUT2D eigenvalue weighted by Crippen LogP contribution is -2.26. The van der Waals surface area contributed by atoms with Crippen molar-refractivity contribution in [1.82, 2.24) is 9.62 Å². The number of benzene rings is 2. The Morgan fingerprint density at radius 2 is 1.62 bits per heavy atom. The molecular weight excluding hydrogens is 348 g/mol. The van der Waals surface area contributed by atoms with Crippen molar-refractivity contribution in [3.8, 4) is 0 Å². The molecule has 5 nitrogen and oxygen atoms in total. The largest absolute Gasteiger partial charge is 0.345 e. The minimum Gasteiger partial charge on any atom is -0.345 e. The maximum absolute atomic E-state index is 12.3. The van der Waals surface area contributed by atoms with Crippen LogP contribution in [0.1, 0.15) is 15.9 Å². The number of nitrogens with one attached hydrogen (secondary N) is 1. The lowest BCUT2D eigenvalue weighted by Gasteiger charge is -2.11. The summed E-state index contributed by atoms with van der Waals surface area (Å²) in [4.78, 5) is 13.4. The molecule has 0 aliphatic heterocycles. The summed E-state index contributed by atoms with van der Waals surface area (Å²) in [5.41, 5.74) is 1.44. The van der Waals surface area contributed by atoms with Crippen molar-refractivity contribution in [1.29, 1.82) is 0 Å². The molecule has 24 heavy (non-hydrogen) atoms. The number of nitrogens with zero attached hydrogens (tertiary/aromatic N) is 1. The van der Waals surface area contributed by atoms with E-state index in [0.29, 0.717) is 17.0 Å². The van der Waals surface area contributed by atoms with Crippen LogP contribution in [0.25, 0.3) is 0 Å². The van der Waals surface area contributed by atoms with Gasteiger partial charge in [-0.05, 0) is 48.4 Å². The summed E-state index contributed by atoms with van der Waals surface area (Å²) < 4.78 is 27.1. The van der Waals surface area contributed by atoms with Crippen molar-refractivity contribution >= 4 is 27.5 Å². The van der Waals surface area contributed by atoms with Crippen LogP contribution in [-0.4, -0.2) is 39.9 Å². The van der Waals surface area contributed by atoms with Gasteiger partial charge in [-0.2, -0.15) is 0 Å². The van der Waals surface area contributed by atoms with Gasteiger partial charge in [-0.15, -0.1) is 0 Å². The van der Waals surface area contributed by atoms with Gasteiger partial charge in [0.25, 0.3) is 5.91 Å². The highest BCUT2D eigenvalue weighted by Crippen LogP contribution is 2.13. The van der Waals surface area contributed by atoms with Gasteiger partial charge in [0, 0.05) is 31.2 Å². The number of hydrogen-bond acceptors (Lipinski definition) is 3. The van der Waals surface area contributed by atoms with Crippen LogP contribution in [0.5, 0.6) is 0 Å². The monoisotopic (exact) mass is 366 g/mol. The molecule has 0 atom stereocenters.